The Morgan fingerprint density at radius 3 is 2.68 bits per heavy atom. The van der Waals surface area contributed by atoms with E-state index in [0.29, 0.717) is 5.56 Å². The second kappa shape index (κ2) is 7.65. The number of rotatable bonds is 6. The minimum Gasteiger partial charge on any atom is -0.467 e. The molecule has 116 valence electrons. The molecule has 7 heteroatoms. The average molecular weight is 319 g/mol. The summed E-state index contributed by atoms with van der Waals surface area (Å²) >= 11 is 1.31. The van der Waals surface area contributed by atoms with Gasteiger partial charge in [0.15, 0.2) is 11.2 Å². The van der Waals surface area contributed by atoms with Gasteiger partial charge in [-0.15, -0.1) is 0 Å². The second-order valence-electron chi connectivity index (χ2n) is 4.54. The number of hydrogen-bond acceptors (Lipinski definition) is 5. The molecule has 0 spiro atoms. The van der Waals surface area contributed by atoms with Crippen molar-refractivity contribution in [3.8, 4) is 0 Å². The lowest BCUT2D eigenvalue weighted by molar-refractivity contribution is -0.145. The molecule has 0 aliphatic rings. The number of aromatic nitrogens is 2. The molecule has 1 aromatic heterocycles. The molecule has 0 aliphatic heterocycles. The van der Waals surface area contributed by atoms with Crippen molar-refractivity contribution in [2.24, 2.45) is 7.05 Å². The van der Waals surface area contributed by atoms with Gasteiger partial charge in [0, 0.05) is 19.4 Å². The van der Waals surface area contributed by atoms with E-state index in [1.165, 1.54) is 18.9 Å². The van der Waals surface area contributed by atoms with E-state index < -0.39 is 12.0 Å². The van der Waals surface area contributed by atoms with Crippen molar-refractivity contribution in [3.63, 3.8) is 0 Å². The van der Waals surface area contributed by atoms with Crippen molar-refractivity contribution in [2.75, 3.05) is 12.9 Å². The van der Waals surface area contributed by atoms with Crippen LogP contribution < -0.4 is 5.32 Å². The van der Waals surface area contributed by atoms with Crippen LogP contribution in [0.4, 0.5) is 0 Å². The third kappa shape index (κ3) is 4.11. The zero-order chi connectivity index (χ0) is 15.9. The van der Waals surface area contributed by atoms with Crippen LogP contribution in [0.25, 0.3) is 0 Å². The lowest BCUT2D eigenvalue weighted by Crippen LogP contribution is -2.35. The van der Waals surface area contributed by atoms with Crippen molar-refractivity contribution in [1.82, 2.24) is 14.9 Å². The predicted octanol–water partition coefficient (Wildman–Crippen LogP) is 1.54. The maximum absolute atomic E-state index is 12.1. The van der Waals surface area contributed by atoms with Crippen molar-refractivity contribution in [3.05, 3.63) is 48.3 Å². The Balaban J connectivity index is 1.99. The van der Waals surface area contributed by atoms with Crippen LogP contribution in [0, 0.1) is 0 Å². The molecule has 0 fully saturated rings. The summed E-state index contributed by atoms with van der Waals surface area (Å²) < 4.78 is 6.59. The Labute approximate surface area is 132 Å². The lowest BCUT2D eigenvalue weighted by Gasteiger charge is -2.16. The van der Waals surface area contributed by atoms with Crippen LogP contribution in [0.2, 0.25) is 0 Å². The number of methoxy groups -OCH3 is 1. The van der Waals surface area contributed by atoms with Crippen molar-refractivity contribution < 1.29 is 14.3 Å². The first-order valence-electron chi connectivity index (χ1n) is 6.64. The highest BCUT2D eigenvalue weighted by Gasteiger charge is 2.23. The number of imidazole rings is 1. The largest absolute Gasteiger partial charge is 0.467 e. The third-order valence-electron chi connectivity index (χ3n) is 2.98. The van der Waals surface area contributed by atoms with Gasteiger partial charge in [-0.25, -0.2) is 9.78 Å². The standard InChI is InChI=1S/C15H17N3O3S/c1-18-9-8-16-15(18)22-10-12(19)17-13(14(20)21-2)11-6-4-3-5-7-11/h3-9,13H,10H2,1-2H3,(H,17,19)/t13-/m1/s1. The molecule has 6 nitrogen and oxygen atoms in total. The number of hydrogen-bond donors (Lipinski definition) is 1. The first-order valence-corrected chi connectivity index (χ1v) is 7.62. The predicted molar refractivity (Wildman–Crippen MR) is 83.3 cm³/mol. The van der Waals surface area contributed by atoms with Crippen LogP contribution in [-0.2, 0) is 21.4 Å². The quantitative estimate of drug-likeness (QED) is 0.646. The number of aryl methyl sites for hydroxylation is 1. The molecular formula is C15H17N3O3S. The van der Waals surface area contributed by atoms with Crippen LogP contribution in [-0.4, -0.2) is 34.3 Å². The highest BCUT2D eigenvalue weighted by atomic mass is 32.2. The van der Waals surface area contributed by atoms with Crippen LogP contribution in [0.5, 0.6) is 0 Å². The molecule has 0 saturated heterocycles. The van der Waals surface area contributed by atoms with Gasteiger partial charge in [0.2, 0.25) is 5.91 Å². The highest BCUT2D eigenvalue weighted by Crippen LogP contribution is 2.17. The van der Waals surface area contributed by atoms with E-state index in [4.69, 9.17) is 4.74 Å². The first kappa shape index (κ1) is 16.1. The summed E-state index contributed by atoms with van der Waals surface area (Å²) in [6.07, 6.45) is 3.48. The summed E-state index contributed by atoms with van der Waals surface area (Å²) in [6, 6.07) is 8.19. The van der Waals surface area contributed by atoms with Gasteiger partial charge >= 0.3 is 5.97 Å². The first-order chi connectivity index (χ1) is 10.6. The van der Waals surface area contributed by atoms with Gasteiger partial charge in [-0.3, -0.25) is 4.79 Å². The van der Waals surface area contributed by atoms with Gasteiger partial charge in [0.05, 0.1) is 12.9 Å². The van der Waals surface area contributed by atoms with E-state index in [-0.39, 0.29) is 11.7 Å². The van der Waals surface area contributed by atoms with Crippen molar-refractivity contribution in [1.29, 1.82) is 0 Å². The van der Waals surface area contributed by atoms with Crippen molar-refractivity contribution >= 4 is 23.6 Å². The fourth-order valence-corrected chi connectivity index (χ4v) is 2.61. The molecule has 2 aromatic rings. The Morgan fingerprint density at radius 2 is 2.09 bits per heavy atom. The third-order valence-corrected chi connectivity index (χ3v) is 4.04. The van der Waals surface area contributed by atoms with E-state index in [2.05, 4.69) is 10.3 Å². The maximum atomic E-state index is 12.1. The molecule has 1 amide bonds. The summed E-state index contributed by atoms with van der Waals surface area (Å²) in [6.45, 7) is 0. The number of ether oxygens (including phenoxy) is 1. The fraction of sp³-hybridized carbons (Fsp3) is 0.267. The number of nitrogens with zero attached hydrogens (tertiary/aromatic N) is 2. The topological polar surface area (TPSA) is 73.2 Å². The normalized spacial score (nSPS) is 11.7. The molecule has 1 heterocycles. The maximum Gasteiger partial charge on any atom is 0.333 e. The minimum absolute atomic E-state index is 0.172. The number of carbonyl (C=O) groups is 2. The van der Waals surface area contributed by atoms with Crippen LogP contribution in [0.1, 0.15) is 11.6 Å². The van der Waals surface area contributed by atoms with E-state index in [0.717, 1.165) is 5.16 Å². The fourth-order valence-electron chi connectivity index (χ4n) is 1.87. The molecule has 0 aliphatic carbocycles. The monoisotopic (exact) mass is 319 g/mol. The number of thioether (sulfide) groups is 1. The summed E-state index contributed by atoms with van der Waals surface area (Å²) in [4.78, 5) is 28.1. The van der Waals surface area contributed by atoms with Gasteiger partial charge in [0.1, 0.15) is 0 Å². The van der Waals surface area contributed by atoms with Gasteiger partial charge in [-0.05, 0) is 5.56 Å². The second-order valence-corrected chi connectivity index (χ2v) is 5.49. The van der Waals surface area contributed by atoms with E-state index in [1.807, 2.05) is 23.9 Å². The molecule has 1 N–H and O–H groups in total. The smallest absolute Gasteiger partial charge is 0.333 e. The van der Waals surface area contributed by atoms with Crippen LogP contribution in [0.3, 0.4) is 0 Å². The molecular weight excluding hydrogens is 302 g/mol. The molecule has 0 saturated carbocycles. The number of nitrogens with one attached hydrogen (secondary N) is 1. The number of carbonyl (C=O) groups excluding carboxylic acids is 2. The Hall–Kier alpha value is -2.28. The highest BCUT2D eigenvalue weighted by molar-refractivity contribution is 7.99. The number of esters is 1. The van der Waals surface area contributed by atoms with E-state index >= 15 is 0 Å². The average Bonchev–Trinajstić information content (AvgIpc) is 2.96. The van der Waals surface area contributed by atoms with Gasteiger partial charge in [-0.1, -0.05) is 42.1 Å². The summed E-state index contributed by atoms with van der Waals surface area (Å²) in [5.41, 5.74) is 0.685. The Kier molecular flexibility index (Phi) is 5.60. The Morgan fingerprint density at radius 1 is 1.36 bits per heavy atom. The van der Waals surface area contributed by atoms with Gasteiger partial charge in [-0.2, -0.15) is 0 Å². The van der Waals surface area contributed by atoms with Crippen molar-refractivity contribution in [2.45, 2.75) is 11.2 Å². The molecule has 1 atom stereocenters. The van der Waals surface area contributed by atoms with Gasteiger partial charge < -0.3 is 14.6 Å². The van der Waals surface area contributed by atoms with E-state index in [1.54, 1.807) is 30.5 Å². The molecule has 0 unspecified atom stereocenters. The molecule has 22 heavy (non-hydrogen) atoms. The Bertz CT molecular complexity index is 642. The zero-order valence-corrected chi connectivity index (χ0v) is 13.2. The summed E-state index contributed by atoms with van der Waals surface area (Å²) in [5.74, 6) is -0.584. The lowest BCUT2D eigenvalue weighted by atomic mass is 10.1. The molecule has 0 radical (unpaired) electrons. The van der Waals surface area contributed by atoms with Gasteiger partial charge in [0.25, 0.3) is 0 Å². The number of benzene rings is 1. The van der Waals surface area contributed by atoms with E-state index in [9.17, 15) is 9.59 Å². The summed E-state index contributed by atoms with van der Waals surface area (Å²) in [7, 11) is 3.15. The van der Waals surface area contributed by atoms with Crippen LogP contribution in [0.15, 0.2) is 47.9 Å². The SMILES string of the molecule is COC(=O)[C@H](NC(=O)CSc1nccn1C)c1ccccc1. The zero-order valence-electron chi connectivity index (χ0n) is 12.4. The molecule has 2 rings (SSSR count). The minimum atomic E-state index is -0.805. The number of amides is 1. The molecule has 1 aromatic carbocycles. The molecule has 0 bridgehead atoms. The summed E-state index contributed by atoms with van der Waals surface area (Å²) in [5, 5.41) is 3.43. The van der Waals surface area contributed by atoms with Crippen LogP contribution >= 0.6 is 11.8 Å².